The lowest BCUT2D eigenvalue weighted by Crippen LogP contribution is -2.30. The molecule has 0 N–H and O–H groups in total. The molecule has 2 nitrogen and oxygen atoms in total. The summed E-state index contributed by atoms with van der Waals surface area (Å²) in [4.78, 5) is 0. The Morgan fingerprint density at radius 1 is 0.179 bits per heavy atom. The summed E-state index contributed by atoms with van der Waals surface area (Å²) in [6.45, 7) is 4.82. The van der Waals surface area contributed by atoms with Crippen LogP contribution in [-0.2, 0) is 0 Å². The highest BCUT2D eigenvalue weighted by atomic mass is 31.2. The van der Waals surface area contributed by atoms with Gasteiger partial charge in [-0.3, -0.25) is 0 Å². The highest BCUT2D eigenvalue weighted by molar-refractivity contribution is 7.95. The van der Waals surface area contributed by atoms with Crippen molar-refractivity contribution in [3.05, 3.63) is 340 Å². The summed E-state index contributed by atoms with van der Waals surface area (Å²) in [5.41, 5.74) is 6.86. The maximum absolute atomic E-state index is 12.6. The fraction of sp³-hybridized carbons (Fsp3) is 0.0270. The SMILES string of the molecule is C[P+](c1ccccc1)(c1ccccc1)c1ccccc1.C[P+](c1ccccc1)(c1ccccc1)c1ccccc1.[O-]c1c(-c2ccccc2)cccc1-c1ccccc1.[O-]c1c(-c2ccccc2)cccc1-c1ccccc1. The van der Waals surface area contributed by atoms with Gasteiger partial charge in [-0.25, -0.2) is 0 Å². The van der Waals surface area contributed by atoms with Crippen LogP contribution in [0.15, 0.2) is 340 Å². The molecule has 0 aromatic heterocycles. The van der Waals surface area contributed by atoms with Crippen LogP contribution in [0.2, 0.25) is 0 Å². The molecule has 12 aromatic rings. The van der Waals surface area contributed by atoms with Gasteiger partial charge >= 0.3 is 0 Å². The minimum absolute atomic E-state index is 0.0832. The number of hydrogen-bond acceptors (Lipinski definition) is 2. The van der Waals surface area contributed by atoms with Gasteiger partial charge in [0.1, 0.15) is 46.4 Å². The van der Waals surface area contributed by atoms with E-state index in [-0.39, 0.29) is 11.5 Å². The van der Waals surface area contributed by atoms with Gasteiger partial charge in [-0.15, -0.1) is 0 Å². The zero-order chi connectivity index (χ0) is 53.8. The van der Waals surface area contributed by atoms with Crippen molar-refractivity contribution in [1.82, 2.24) is 0 Å². The first kappa shape index (κ1) is 53.9. The Balaban J connectivity index is 0.000000126. The number of hydrogen-bond donors (Lipinski definition) is 0. The van der Waals surface area contributed by atoms with Crippen molar-refractivity contribution in [3.63, 3.8) is 0 Å². The van der Waals surface area contributed by atoms with Crippen LogP contribution < -0.4 is 42.0 Å². The molecule has 12 rings (SSSR count). The Kier molecular flexibility index (Phi) is 18.5. The monoisotopic (exact) mass is 1040 g/mol. The van der Waals surface area contributed by atoms with Gasteiger partial charge in [0, 0.05) is 0 Å². The molecule has 12 aromatic carbocycles. The minimum Gasteiger partial charge on any atom is -0.872 e. The van der Waals surface area contributed by atoms with E-state index in [1.54, 1.807) is 0 Å². The van der Waals surface area contributed by atoms with E-state index < -0.39 is 14.5 Å². The lowest BCUT2D eigenvalue weighted by Gasteiger charge is -2.22. The molecule has 0 unspecified atom stereocenters. The van der Waals surface area contributed by atoms with Crippen molar-refractivity contribution in [2.45, 2.75) is 0 Å². The Labute approximate surface area is 463 Å². The van der Waals surface area contributed by atoms with Crippen LogP contribution in [0.3, 0.4) is 0 Å². The van der Waals surface area contributed by atoms with Gasteiger partial charge in [-0.1, -0.05) is 278 Å². The molecule has 0 fully saturated rings. The topological polar surface area (TPSA) is 46.1 Å². The van der Waals surface area contributed by atoms with E-state index in [2.05, 4.69) is 195 Å². The van der Waals surface area contributed by atoms with Crippen LogP contribution in [-0.4, -0.2) is 13.3 Å². The lowest BCUT2D eigenvalue weighted by atomic mass is 9.97. The van der Waals surface area contributed by atoms with E-state index in [0.717, 1.165) is 44.5 Å². The summed E-state index contributed by atoms with van der Waals surface area (Å²) < 4.78 is 0. The quantitative estimate of drug-likeness (QED) is 0.128. The molecule has 0 saturated carbocycles. The molecule has 0 heterocycles. The lowest BCUT2D eigenvalue weighted by molar-refractivity contribution is -0.266. The van der Waals surface area contributed by atoms with Crippen LogP contribution in [0.1, 0.15) is 0 Å². The van der Waals surface area contributed by atoms with Crippen molar-refractivity contribution in [3.8, 4) is 56.0 Å². The van der Waals surface area contributed by atoms with Gasteiger partial charge in [0.2, 0.25) is 0 Å². The Morgan fingerprint density at radius 3 is 0.474 bits per heavy atom. The first-order chi connectivity index (χ1) is 38.4. The largest absolute Gasteiger partial charge is 0.872 e. The second-order valence-corrected chi connectivity index (χ2v) is 26.0. The molecule has 0 saturated heterocycles. The molecule has 0 amide bonds. The van der Waals surface area contributed by atoms with Crippen LogP contribution >= 0.6 is 14.5 Å². The van der Waals surface area contributed by atoms with E-state index in [0.29, 0.717) is 0 Å². The van der Waals surface area contributed by atoms with Gasteiger partial charge < -0.3 is 10.2 Å². The third kappa shape index (κ3) is 12.8. The van der Waals surface area contributed by atoms with E-state index >= 15 is 0 Å². The van der Waals surface area contributed by atoms with Gasteiger partial charge in [-0.2, -0.15) is 0 Å². The Morgan fingerprint density at radius 2 is 0.321 bits per heavy atom. The second kappa shape index (κ2) is 26.7. The van der Waals surface area contributed by atoms with Gasteiger partial charge in [0.15, 0.2) is 0 Å². The fourth-order valence-corrected chi connectivity index (χ4v) is 16.1. The molecule has 0 aliphatic heterocycles. The standard InChI is InChI=1S/2C19H18P.2C18H14O/c2*1-20(17-11-5-2-6-12-17,18-13-7-3-8-14-18)19-15-9-4-10-16-19;2*19-18-16(14-8-3-1-4-9-14)12-7-13-17(18)15-10-5-2-6-11-15/h2*2-16H,1H3;2*1-13,19H/q2*+1;;/p-2. The maximum Gasteiger partial charge on any atom is 0.109 e. The van der Waals surface area contributed by atoms with Gasteiger partial charge in [-0.05, 0) is 117 Å². The summed E-state index contributed by atoms with van der Waals surface area (Å²) >= 11 is 0. The molecule has 0 atom stereocenters. The van der Waals surface area contributed by atoms with Gasteiger partial charge in [0.05, 0.1) is 13.3 Å². The first-order valence-corrected chi connectivity index (χ1v) is 30.7. The van der Waals surface area contributed by atoms with Crippen molar-refractivity contribution in [2.24, 2.45) is 0 Å². The number of benzene rings is 12. The Bertz CT molecular complexity index is 3110. The van der Waals surface area contributed by atoms with Crippen LogP contribution in [0.4, 0.5) is 0 Å². The average molecular weight is 1050 g/mol. The third-order valence-electron chi connectivity index (χ3n) is 14.0. The second-order valence-electron chi connectivity index (χ2n) is 18.9. The molecule has 0 spiro atoms. The first-order valence-electron chi connectivity index (χ1n) is 26.2. The smallest absolute Gasteiger partial charge is 0.109 e. The molecular weight excluding hydrogens is 983 g/mol. The zero-order valence-corrected chi connectivity index (χ0v) is 45.8. The van der Waals surface area contributed by atoms with E-state index in [1.165, 1.54) is 31.8 Å². The highest BCUT2D eigenvalue weighted by Gasteiger charge is 2.40. The van der Waals surface area contributed by atoms with Gasteiger partial charge in [0.25, 0.3) is 0 Å². The van der Waals surface area contributed by atoms with E-state index in [4.69, 9.17) is 0 Å². The molecule has 0 radical (unpaired) electrons. The minimum atomic E-state index is -1.53. The normalized spacial score (nSPS) is 10.8. The van der Waals surface area contributed by atoms with E-state index in [1.807, 2.05) is 158 Å². The third-order valence-corrected chi connectivity index (χ3v) is 22.0. The van der Waals surface area contributed by atoms with Crippen LogP contribution in [0.5, 0.6) is 11.5 Å². The van der Waals surface area contributed by atoms with Crippen molar-refractivity contribution in [1.29, 1.82) is 0 Å². The molecule has 0 aliphatic rings. The van der Waals surface area contributed by atoms with Crippen molar-refractivity contribution < 1.29 is 10.2 Å². The molecule has 0 bridgehead atoms. The summed E-state index contributed by atoms with van der Waals surface area (Å²) in [6.07, 6.45) is 0. The number of rotatable bonds is 10. The summed E-state index contributed by atoms with van der Waals surface area (Å²) in [5, 5.41) is 33.7. The molecule has 78 heavy (non-hydrogen) atoms. The molecule has 4 heteroatoms. The highest BCUT2D eigenvalue weighted by Crippen LogP contribution is 2.52. The number of para-hydroxylation sites is 2. The van der Waals surface area contributed by atoms with E-state index in [9.17, 15) is 10.2 Å². The summed E-state index contributed by atoms with van der Waals surface area (Å²) in [5.74, 6) is 0.166. The average Bonchev–Trinajstić information content (AvgIpc) is 3.57. The maximum atomic E-state index is 12.6. The predicted octanol–water partition coefficient (Wildman–Crippen LogP) is 15.4. The fourth-order valence-electron chi connectivity index (χ4n) is 9.71. The summed E-state index contributed by atoms with van der Waals surface area (Å²) in [7, 11) is -3.05. The van der Waals surface area contributed by atoms with Crippen molar-refractivity contribution in [2.75, 3.05) is 13.3 Å². The molecule has 380 valence electrons. The van der Waals surface area contributed by atoms with Crippen molar-refractivity contribution >= 4 is 46.4 Å². The molecular formula is C74H62O2P2. The summed E-state index contributed by atoms with van der Waals surface area (Å²) in [6, 6.07) is 116. The zero-order valence-electron chi connectivity index (χ0n) is 44.0. The predicted molar refractivity (Wildman–Crippen MR) is 336 cm³/mol. The Hall–Kier alpha value is -8.90. The van der Waals surface area contributed by atoms with Crippen LogP contribution in [0.25, 0.3) is 44.5 Å². The molecule has 0 aliphatic carbocycles. The van der Waals surface area contributed by atoms with Crippen LogP contribution in [0, 0.1) is 0 Å².